The third kappa shape index (κ3) is 2.08. The molecule has 3 nitrogen and oxygen atoms in total. The number of nitrogens with one attached hydrogen (secondary N) is 1. The van der Waals surface area contributed by atoms with Crippen LogP contribution >= 0.6 is 12.2 Å². The fourth-order valence-corrected chi connectivity index (χ4v) is 3.79. The summed E-state index contributed by atoms with van der Waals surface area (Å²) < 4.78 is 0. The Labute approximate surface area is 103 Å². The maximum absolute atomic E-state index is 5.31. The van der Waals surface area contributed by atoms with Crippen LogP contribution in [0, 0.1) is 23.2 Å². The molecule has 0 heterocycles. The van der Waals surface area contributed by atoms with E-state index in [2.05, 4.69) is 24.4 Å². The van der Waals surface area contributed by atoms with E-state index in [1.54, 1.807) is 0 Å². The summed E-state index contributed by atoms with van der Waals surface area (Å²) >= 11 is 4.69. The Morgan fingerprint density at radius 2 is 2.31 bits per heavy atom. The van der Waals surface area contributed by atoms with Gasteiger partial charge in [0.25, 0.3) is 0 Å². The first-order valence-corrected chi connectivity index (χ1v) is 6.49. The van der Waals surface area contributed by atoms with Gasteiger partial charge in [0.05, 0.1) is 0 Å². The van der Waals surface area contributed by atoms with Crippen molar-refractivity contribution in [2.75, 3.05) is 0 Å². The Bertz CT molecular complexity index is 311. The Morgan fingerprint density at radius 1 is 1.56 bits per heavy atom. The van der Waals surface area contributed by atoms with Gasteiger partial charge in [-0.15, -0.1) is 0 Å². The molecular weight excluding hydrogens is 218 g/mol. The summed E-state index contributed by atoms with van der Waals surface area (Å²) in [5.41, 5.74) is 8.41. The lowest BCUT2D eigenvalue weighted by Gasteiger charge is -2.37. The molecule has 0 saturated heterocycles. The topological polar surface area (TPSA) is 50.4 Å². The van der Waals surface area contributed by atoms with E-state index in [9.17, 15) is 0 Å². The van der Waals surface area contributed by atoms with Crippen LogP contribution < -0.4 is 11.2 Å². The molecule has 90 valence electrons. The van der Waals surface area contributed by atoms with E-state index in [4.69, 9.17) is 18.0 Å². The number of hydrogen-bond donors (Lipinski definition) is 2. The van der Waals surface area contributed by atoms with Gasteiger partial charge in [0.15, 0.2) is 5.11 Å². The first-order valence-electron chi connectivity index (χ1n) is 6.08. The molecule has 0 aliphatic heterocycles. The van der Waals surface area contributed by atoms with E-state index in [1.807, 2.05) is 6.21 Å². The van der Waals surface area contributed by atoms with Gasteiger partial charge in [0.1, 0.15) is 0 Å². The summed E-state index contributed by atoms with van der Waals surface area (Å²) in [6, 6.07) is 0. The van der Waals surface area contributed by atoms with Gasteiger partial charge in [-0.25, -0.2) is 0 Å². The van der Waals surface area contributed by atoms with Crippen molar-refractivity contribution in [1.82, 2.24) is 5.43 Å². The summed E-state index contributed by atoms with van der Waals surface area (Å²) in [5, 5.41) is 4.28. The number of nitrogens with two attached hydrogens (primary N) is 1. The first-order chi connectivity index (χ1) is 7.51. The predicted molar refractivity (Wildman–Crippen MR) is 71.1 cm³/mol. The molecule has 0 spiro atoms. The van der Waals surface area contributed by atoms with E-state index in [1.165, 1.54) is 19.3 Å². The molecular formula is C12H21N3S. The van der Waals surface area contributed by atoms with Crippen molar-refractivity contribution < 1.29 is 0 Å². The van der Waals surface area contributed by atoms with E-state index in [0.717, 1.165) is 24.2 Å². The van der Waals surface area contributed by atoms with E-state index >= 15 is 0 Å². The van der Waals surface area contributed by atoms with Gasteiger partial charge < -0.3 is 5.73 Å². The number of hydrogen-bond acceptors (Lipinski definition) is 2. The minimum Gasteiger partial charge on any atom is -0.375 e. The molecule has 0 aromatic carbocycles. The third-order valence-corrected chi connectivity index (χ3v) is 4.77. The SMILES string of the molecule is CC1(C)[C@@H]2CC[C@H](C2)[C@@H]1C/C=N\NC(N)=S. The molecule has 2 fully saturated rings. The molecule has 0 aromatic heterocycles. The van der Waals surface area contributed by atoms with Crippen molar-refractivity contribution in [3.05, 3.63) is 0 Å². The molecule has 3 atom stereocenters. The number of nitrogens with zero attached hydrogens (tertiary/aromatic N) is 1. The second-order valence-electron chi connectivity index (χ2n) is 5.72. The van der Waals surface area contributed by atoms with Gasteiger partial charge in [-0.2, -0.15) is 5.10 Å². The summed E-state index contributed by atoms with van der Waals surface area (Å²) in [6.07, 6.45) is 7.25. The molecule has 0 amide bonds. The Balaban J connectivity index is 1.90. The molecule has 16 heavy (non-hydrogen) atoms. The fraction of sp³-hybridized carbons (Fsp3) is 0.833. The van der Waals surface area contributed by atoms with Crippen LogP contribution in [0.25, 0.3) is 0 Å². The summed E-state index contributed by atoms with van der Waals surface area (Å²) in [6.45, 7) is 4.83. The van der Waals surface area contributed by atoms with E-state index in [-0.39, 0.29) is 5.11 Å². The van der Waals surface area contributed by atoms with Crippen molar-refractivity contribution in [3.63, 3.8) is 0 Å². The van der Waals surface area contributed by atoms with Crippen molar-refractivity contribution in [2.45, 2.75) is 39.5 Å². The standard InChI is InChI=1S/C12H21N3S/c1-12(2)9-4-3-8(7-9)10(12)5-6-14-15-11(13)16/h6,8-10H,3-5,7H2,1-2H3,(H3,13,15,16)/b14-6-/t8-,9-,10+/m1/s1. The monoisotopic (exact) mass is 239 g/mol. The highest BCUT2D eigenvalue weighted by Gasteiger charge is 2.51. The van der Waals surface area contributed by atoms with Crippen molar-refractivity contribution in [1.29, 1.82) is 0 Å². The molecule has 0 radical (unpaired) electrons. The lowest BCUT2D eigenvalue weighted by molar-refractivity contribution is 0.129. The van der Waals surface area contributed by atoms with Crippen LogP contribution in [-0.4, -0.2) is 11.3 Å². The zero-order chi connectivity index (χ0) is 11.8. The van der Waals surface area contributed by atoms with Crippen molar-refractivity contribution in [2.24, 2.45) is 34.0 Å². The van der Waals surface area contributed by atoms with Crippen LogP contribution in [0.5, 0.6) is 0 Å². The predicted octanol–water partition coefficient (Wildman–Crippen LogP) is 2.27. The van der Waals surface area contributed by atoms with Gasteiger partial charge in [-0.1, -0.05) is 13.8 Å². The Morgan fingerprint density at radius 3 is 2.88 bits per heavy atom. The van der Waals surface area contributed by atoms with Gasteiger partial charge in [0.2, 0.25) is 0 Å². The van der Waals surface area contributed by atoms with E-state index < -0.39 is 0 Å². The molecule has 3 N–H and O–H groups in total. The normalized spacial score (nSPS) is 35.8. The lowest BCUT2D eigenvalue weighted by atomic mass is 9.68. The van der Waals surface area contributed by atoms with Crippen molar-refractivity contribution in [3.8, 4) is 0 Å². The van der Waals surface area contributed by atoms with Gasteiger partial charge in [0, 0.05) is 6.21 Å². The molecule has 2 aliphatic rings. The van der Waals surface area contributed by atoms with Crippen LogP contribution in [0.4, 0.5) is 0 Å². The summed E-state index contributed by atoms with van der Waals surface area (Å²) in [7, 11) is 0. The molecule has 2 bridgehead atoms. The molecule has 0 aromatic rings. The second-order valence-corrected chi connectivity index (χ2v) is 6.16. The van der Waals surface area contributed by atoms with Crippen LogP contribution in [0.2, 0.25) is 0 Å². The molecule has 2 rings (SSSR count). The second kappa shape index (κ2) is 4.32. The van der Waals surface area contributed by atoms with Gasteiger partial charge in [-0.3, -0.25) is 5.43 Å². The van der Waals surface area contributed by atoms with Crippen LogP contribution in [-0.2, 0) is 0 Å². The largest absolute Gasteiger partial charge is 0.375 e. The minimum atomic E-state index is 0.239. The molecule has 2 aliphatic carbocycles. The number of hydrazone groups is 1. The Kier molecular flexibility index (Phi) is 3.19. The smallest absolute Gasteiger partial charge is 0.184 e. The Hall–Kier alpha value is -0.640. The van der Waals surface area contributed by atoms with Crippen molar-refractivity contribution >= 4 is 23.5 Å². The summed E-state index contributed by atoms with van der Waals surface area (Å²) in [5.74, 6) is 2.62. The quantitative estimate of drug-likeness (QED) is 0.451. The number of fused-ring (bicyclic) bond motifs is 2. The summed E-state index contributed by atoms with van der Waals surface area (Å²) in [4.78, 5) is 0. The fourth-order valence-electron chi connectivity index (χ4n) is 3.74. The first kappa shape index (κ1) is 11.8. The number of rotatable bonds is 3. The molecule has 2 saturated carbocycles. The number of thiocarbonyl (C=S) groups is 1. The maximum atomic E-state index is 5.31. The lowest BCUT2D eigenvalue weighted by Crippen LogP contribution is -2.31. The van der Waals surface area contributed by atoms with Gasteiger partial charge >= 0.3 is 0 Å². The van der Waals surface area contributed by atoms with Crippen LogP contribution in [0.1, 0.15) is 39.5 Å². The minimum absolute atomic E-state index is 0.239. The molecule has 0 unspecified atom stereocenters. The zero-order valence-corrected chi connectivity index (χ0v) is 10.9. The van der Waals surface area contributed by atoms with Crippen LogP contribution in [0.3, 0.4) is 0 Å². The van der Waals surface area contributed by atoms with Gasteiger partial charge in [-0.05, 0) is 61.1 Å². The highest BCUT2D eigenvalue weighted by molar-refractivity contribution is 7.80. The highest BCUT2D eigenvalue weighted by atomic mass is 32.1. The van der Waals surface area contributed by atoms with Crippen LogP contribution in [0.15, 0.2) is 5.10 Å². The average molecular weight is 239 g/mol. The average Bonchev–Trinajstić information content (AvgIpc) is 2.72. The molecule has 4 heteroatoms. The van der Waals surface area contributed by atoms with E-state index in [0.29, 0.717) is 5.41 Å². The third-order valence-electron chi connectivity index (χ3n) is 4.68. The zero-order valence-electron chi connectivity index (χ0n) is 10.1. The maximum Gasteiger partial charge on any atom is 0.184 e. The highest BCUT2D eigenvalue weighted by Crippen LogP contribution is 2.60.